The van der Waals surface area contributed by atoms with Crippen molar-refractivity contribution in [2.45, 2.75) is 0 Å². The Morgan fingerprint density at radius 3 is 2.91 bits per heavy atom. The number of nitrogens with two attached hydrogens (primary N) is 1. The summed E-state index contributed by atoms with van der Waals surface area (Å²) in [6.07, 6.45) is 6.62. The van der Waals surface area contributed by atoms with E-state index in [1.165, 1.54) is 6.20 Å². The number of hydrogen-bond donors (Lipinski definition) is 2. The molecule has 2 aromatic rings. The number of hydrogen-bond acceptors (Lipinski definition) is 4. The Bertz CT molecular complexity index is 742. The summed E-state index contributed by atoms with van der Waals surface area (Å²) in [5.74, 6) is 0.392. The Balaban J connectivity index is 2.34. The van der Waals surface area contributed by atoms with Crippen LogP contribution in [0.1, 0.15) is 16.1 Å². The third-order valence-corrected chi connectivity index (χ3v) is 3.03. The maximum Gasteiger partial charge on any atom is 0.251 e. The van der Waals surface area contributed by atoms with E-state index in [9.17, 15) is 4.79 Å². The molecule has 0 aliphatic heterocycles. The average molecular weight is 295 g/mol. The van der Waals surface area contributed by atoms with E-state index in [4.69, 9.17) is 10.3 Å². The molecule has 0 unspecified atom stereocenters. The van der Waals surface area contributed by atoms with Crippen LogP contribution >= 0.6 is 0 Å². The molecule has 2 rings (SSSR count). The molecule has 0 saturated heterocycles. The second-order valence-corrected chi connectivity index (χ2v) is 4.45. The lowest BCUT2D eigenvalue weighted by molar-refractivity contribution is 0.0963. The molecule has 1 heterocycles. The van der Waals surface area contributed by atoms with Gasteiger partial charge >= 0.3 is 0 Å². The molecule has 112 valence electrons. The van der Waals surface area contributed by atoms with Gasteiger partial charge in [-0.3, -0.25) is 4.79 Å². The van der Waals surface area contributed by atoms with Crippen LogP contribution < -0.4 is 11.1 Å². The summed E-state index contributed by atoms with van der Waals surface area (Å²) in [5, 5.41) is 6.62. The van der Waals surface area contributed by atoms with Crippen LogP contribution in [0.3, 0.4) is 0 Å². The largest absolute Gasteiger partial charge is 0.404 e. The molecule has 22 heavy (non-hydrogen) atoms. The van der Waals surface area contributed by atoms with Gasteiger partial charge in [0.1, 0.15) is 5.69 Å². The van der Waals surface area contributed by atoms with Gasteiger partial charge in [-0.1, -0.05) is 36.0 Å². The quantitative estimate of drug-likeness (QED) is 0.831. The molecule has 5 heteroatoms. The van der Waals surface area contributed by atoms with Crippen molar-refractivity contribution in [3.05, 3.63) is 72.7 Å². The SMILES string of the molecule is C=C/C=C\C(=C/N)c1cc(-c2cccc(C(=O)NC)c2)no1. The molecule has 1 aromatic heterocycles. The van der Waals surface area contributed by atoms with Crippen LogP contribution in [0.2, 0.25) is 0 Å². The lowest BCUT2D eigenvalue weighted by Crippen LogP contribution is -2.17. The van der Waals surface area contributed by atoms with Gasteiger partial charge in [0.05, 0.1) is 0 Å². The van der Waals surface area contributed by atoms with Crippen molar-refractivity contribution in [2.24, 2.45) is 5.73 Å². The van der Waals surface area contributed by atoms with Crippen molar-refractivity contribution < 1.29 is 9.32 Å². The molecular formula is C17H17N3O2. The molecule has 0 aliphatic rings. The monoisotopic (exact) mass is 295 g/mol. The maximum absolute atomic E-state index is 11.7. The van der Waals surface area contributed by atoms with Gasteiger partial charge in [0.25, 0.3) is 5.91 Å². The van der Waals surface area contributed by atoms with Gasteiger partial charge < -0.3 is 15.6 Å². The fourth-order valence-corrected chi connectivity index (χ4v) is 1.90. The predicted octanol–water partition coefficient (Wildman–Crippen LogP) is 2.74. The van der Waals surface area contributed by atoms with Crippen molar-refractivity contribution >= 4 is 11.5 Å². The second-order valence-electron chi connectivity index (χ2n) is 4.45. The van der Waals surface area contributed by atoms with E-state index in [1.807, 2.05) is 6.07 Å². The van der Waals surface area contributed by atoms with Crippen LogP contribution in [-0.2, 0) is 0 Å². The van der Waals surface area contributed by atoms with E-state index in [0.29, 0.717) is 22.6 Å². The summed E-state index contributed by atoms with van der Waals surface area (Å²) in [6.45, 7) is 3.61. The summed E-state index contributed by atoms with van der Waals surface area (Å²) in [4.78, 5) is 11.7. The van der Waals surface area contributed by atoms with E-state index >= 15 is 0 Å². The average Bonchev–Trinajstić information content (AvgIpc) is 3.05. The zero-order chi connectivity index (χ0) is 15.9. The molecule has 0 atom stereocenters. The third-order valence-electron chi connectivity index (χ3n) is 3.03. The van der Waals surface area contributed by atoms with Gasteiger partial charge in [-0.15, -0.1) is 0 Å². The maximum atomic E-state index is 11.7. The van der Waals surface area contributed by atoms with E-state index < -0.39 is 0 Å². The zero-order valence-electron chi connectivity index (χ0n) is 12.2. The first-order valence-corrected chi connectivity index (χ1v) is 6.70. The Kier molecular flexibility index (Phi) is 4.93. The summed E-state index contributed by atoms with van der Waals surface area (Å²) in [7, 11) is 1.59. The Morgan fingerprint density at radius 1 is 1.41 bits per heavy atom. The molecular weight excluding hydrogens is 278 g/mol. The molecule has 0 fully saturated rings. The number of aromatic nitrogens is 1. The second kappa shape index (κ2) is 7.08. The fraction of sp³-hybridized carbons (Fsp3) is 0.0588. The Labute approximate surface area is 128 Å². The third kappa shape index (κ3) is 3.32. The summed E-state index contributed by atoms with van der Waals surface area (Å²) < 4.78 is 5.31. The Hall–Kier alpha value is -3.08. The highest BCUT2D eigenvalue weighted by molar-refractivity contribution is 5.95. The van der Waals surface area contributed by atoms with Gasteiger partial charge in [0.15, 0.2) is 5.76 Å². The van der Waals surface area contributed by atoms with Gasteiger partial charge in [-0.25, -0.2) is 0 Å². The highest BCUT2D eigenvalue weighted by atomic mass is 16.5. The minimum Gasteiger partial charge on any atom is -0.404 e. The van der Waals surface area contributed by atoms with Gasteiger partial charge in [0, 0.05) is 36.0 Å². The number of carbonyl (C=O) groups is 1. The molecule has 5 nitrogen and oxygen atoms in total. The molecule has 1 aromatic carbocycles. The van der Waals surface area contributed by atoms with E-state index in [0.717, 1.165) is 5.56 Å². The number of amides is 1. The molecule has 3 N–H and O–H groups in total. The van der Waals surface area contributed by atoms with Crippen molar-refractivity contribution in [3.63, 3.8) is 0 Å². The minimum absolute atomic E-state index is 0.151. The summed E-state index contributed by atoms with van der Waals surface area (Å²) in [5.41, 5.74) is 8.27. The van der Waals surface area contributed by atoms with Crippen molar-refractivity contribution in [3.8, 4) is 11.3 Å². The van der Waals surface area contributed by atoms with Crippen molar-refractivity contribution in [2.75, 3.05) is 7.05 Å². The summed E-state index contributed by atoms with van der Waals surface area (Å²) >= 11 is 0. The van der Waals surface area contributed by atoms with Crippen LogP contribution in [0.25, 0.3) is 16.8 Å². The number of benzene rings is 1. The molecule has 0 radical (unpaired) electrons. The van der Waals surface area contributed by atoms with Gasteiger partial charge in [-0.05, 0) is 18.2 Å². The lowest BCUT2D eigenvalue weighted by Gasteiger charge is -2.01. The van der Waals surface area contributed by atoms with Crippen LogP contribution in [-0.4, -0.2) is 18.1 Å². The van der Waals surface area contributed by atoms with Gasteiger partial charge in [-0.2, -0.15) is 0 Å². The molecule has 0 spiro atoms. The smallest absolute Gasteiger partial charge is 0.251 e. The van der Waals surface area contributed by atoms with Crippen LogP contribution in [0, 0.1) is 0 Å². The van der Waals surface area contributed by atoms with Crippen LogP contribution in [0.15, 0.2) is 65.9 Å². The van der Waals surface area contributed by atoms with Crippen molar-refractivity contribution in [1.82, 2.24) is 10.5 Å². The number of rotatable bonds is 5. The van der Waals surface area contributed by atoms with E-state index in [2.05, 4.69) is 17.1 Å². The number of carbonyl (C=O) groups excluding carboxylic acids is 1. The summed E-state index contributed by atoms with van der Waals surface area (Å²) in [6, 6.07) is 8.92. The van der Waals surface area contributed by atoms with E-state index in [1.54, 1.807) is 49.5 Å². The van der Waals surface area contributed by atoms with Gasteiger partial charge in [0.2, 0.25) is 0 Å². The molecule has 0 bridgehead atoms. The van der Waals surface area contributed by atoms with E-state index in [-0.39, 0.29) is 5.91 Å². The fourth-order valence-electron chi connectivity index (χ4n) is 1.90. The number of nitrogens with one attached hydrogen (secondary N) is 1. The first-order chi connectivity index (χ1) is 10.7. The topological polar surface area (TPSA) is 81.2 Å². The predicted molar refractivity (Wildman–Crippen MR) is 86.8 cm³/mol. The first-order valence-electron chi connectivity index (χ1n) is 6.70. The minimum atomic E-state index is -0.151. The zero-order valence-corrected chi connectivity index (χ0v) is 12.2. The van der Waals surface area contributed by atoms with Crippen LogP contribution in [0.5, 0.6) is 0 Å². The number of nitrogens with zero attached hydrogens (tertiary/aromatic N) is 1. The Morgan fingerprint density at radius 2 is 2.23 bits per heavy atom. The highest BCUT2D eigenvalue weighted by Gasteiger charge is 2.11. The molecule has 0 aliphatic carbocycles. The normalized spacial score (nSPS) is 11.6. The number of allylic oxidation sites excluding steroid dienone is 4. The first kappa shape index (κ1) is 15.3. The highest BCUT2D eigenvalue weighted by Crippen LogP contribution is 2.24. The molecule has 0 saturated carbocycles. The lowest BCUT2D eigenvalue weighted by atomic mass is 10.1. The molecule has 1 amide bonds. The van der Waals surface area contributed by atoms with Crippen LogP contribution in [0.4, 0.5) is 0 Å². The van der Waals surface area contributed by atoms with Crippen molar-refractivity contribution in [1.29, 1.82) is 0 Å². The standard InChI is InChI=1S/C17H17N3O2/c1-3-4-6-14(11-18)16-10-15(20-22-16)12-7-5-8-13(9-12)17(21)19-2/h3-11H,1,18H2,2H3,(H,19,21)/b6-4-,14-11+.